The van der Waals surface area contributed by atoms with Gasteiger partial charge in [0.25, 0.3) is 0 Å². The molecule has 22 heavy (non-hydrogen) atoms. The average Bonchev–Trinajstić information content (AvgIpc) is 3.08. The molecule has 3 rings (SSSR count). The molecule has 1 heterocycles. The van der Waals surface area contributed by atoms with Crippen molar-refractivity contribution in [1.29, 1.82) is 0 Å². The van der Waals surface area contributed by atoms with E-state index < -0.39 is 5.97 Å². The van der Waals surface area contributed by atoms with Gasteiger partial charge >= 0.3 is 5.97 Å². The molecule has 0 amide bonds. The number of aromatic nitrogens is 1. The Kier molecular flexibility index (Phi) is 4.21. The molecular weight excluding hydrogens is 302 g/mol. The summed E-state index contributed by atoms with van der Waals surface area (Å²) in [6, 6.07) is 7.47. The number of carbonyl (C=O) groups excluding carboxylic acids is 1. The van der Waals surface area contributed by atoms with Gasteiger partial charge in [-0.25, -0.2) is 9.78 Å². The van der Waals surface area contributed by atoms with Crippen LogP contribution in [-0.2, 0) is 11.2 Å². The molecule has 1 aromatic carbocycles. The molecule has 1 unspecified atom stereocenters. The lowest BCUT2D eigenvalue weighted by Crippen LogP contribution is -2.08. The van der Waals surface area contributed by atoms with E-state index in [-0.39, 0.29) is 0 Å². The number of esters is 1. The zero-order chi connectivity index (χ0) is 15.7. The first kappa shape index (κ1) is 15.1. The maximum absolute atomic E-state index is 12.1. The molecule has 1 aliphatic rings. The quantitative estimate of drug-likeness (QED) is 0.774. The van der Waals surface area contributed by atoms with E-state index in [1.165, 1.54) is 0 Å². The van der Waals surface area contributed by atoms with Gasteiger partial charge in [0, 0.05) is 17.4 Å². The number of halogens is 1. The van der Waals surface area contributed by atoms with Gasteiger partial charge in [-0.05, 0) is 37.0 Å². The van der Waals surface area contributed by atoms with E-state index in [0.717, 1.165) is 12.0 Å². The number of benzene rings is 1. The molecule has 1 fully saturated rings. The summed E-state index contributed by atoms with van der Waals surface area (Å²) >= 11 is 5.90. The summed E-state index contributed by atoms with van der Waals surface area (Å²) < 4.78 is 10.9. The Bertz CT molecular complexity index is 678. The summed E-state index contributed by atoms with van der Waals surface area (Å²) in [5.74, 6) is 1.69. The minimum absolute atomic E-state index is 0.297. The largest absolute Gasteiger partial charge is 0.461 e. The Morgan fingerprint density at radius 3 is 2.68 bits per heavy atom. The van der Waals surface area contributed by atoms with Crippen molar-refractivity contribution in [3.63, 3.8) is 0 Å². The number of nitrogens with zero attached hydrogens (tertiary/aromatic N) is 1. The Labute approximate surface area is 134 Å². The molecule has 0 N–H and O–H groups in total. The zero-order valence-corrected chi connectivity index (χ0v) is 13.4. The van der Waals surface area contributed by atoms with Crippen LogP contribution in [0.4, 0.5) is 0 Å². The molecule has 116 valence electrons. The summed E-state index contributed by atoms with van der Waals surface area (Å²) in [7, 11) is 0. The maximum atomic E-state index is 12.1. The minimum Gasteiger partial charge on any atom is -0.461 e. The summed E-state index contributed by atoms with van der Waals surface area (Å²) in [6.45, 7) is 4.25. The predicted molar refractivity (Wildman–Crippen MR) is 83.2 cm³/mol. The molecule has 0 radical (unpaired) electrons. The lowest BCUT2D eigenvalue weighted by Gasteiger charge is -2.02. The van der Waals surface area contributed by atoms with Crippen LogP contribution >= 0.6 is 11.6 Å². The van der Waals surface area contributed by atoms with Gasteiger partial charge in [0.1, 0.15) is 5.76 Å². The molecule has 0 bridgehead atoms. The SMILES string of the molecule is CCOC(=O)c1nc([C@H]2CC2C)oc1Cc1ccc(Cl)cc1. The Morgan fingerprint density at radius 1 is 1.41 bits per heavy atom. The number of rotatable bonds is 5. The Morgan fingerprint density at radius 2 is 2.09 bits per heavy atom. The fourth-order valence-electron chi connectivity index (χ4n) is 2.46. The van der Waals surface area contributed by atoms with Crippen molar-refractivity contribution >= 4 is 17.6 Å². The average molecular weight is 320 g/mol. The monoisotopic (exact) mass is 319 g/mol. The minimum atomic E-state index is -0.422. The number of hydrogen-bond donors (Lipinski definition) is 0. The van der Waals surface area contributed by atoms with E-state index in [0.29, 0.717) is 47.2 Å². The zero-order valence-electron chi connectivity index (χ0n) is 12.6. The number of carbonyl (C=O) groups is 1. The Balaban J connectivity index is 1.88. The summed E-state index contributed by atoms with van der Waals surface area (Å²) in [5.41, 5.74) is 1.31. The van der Waals surface area contributed by atoms with E-state index in [9.17, 15) is 4.79 Å². The third-order valence-electron chi connectivity index (χ3n) is 3.89. The van der Waals surface area contributed by atoms with Crippen LogP contribution in [0.1, 0.15) is 53.9 Å². The second kappa shape index (κ2) is 6.13. The molecule has 2 aromatic rings. The van der Waals surface area contributed by atoms with Crippen molar-refractivity contribution in [3.05, 3.63) is 52.2 Å². The van der Waals surface area contributed by atoms with Crippen molar-refractivity contribution in [2.75, 3.05) is 6.61 Å². The molecule has 0 saturated heterocycles. The molecule has 2 atom stereocenters. The van der Waals surface area contributed by atoms with Crippen LogP contribution in [0.3, 0.4) is 0 Å². The smallest absolute Gasteiger partial charge is 0.360 e. The van der Waals surface area contributed by atoms with Crippen LogP contribution in [0.25, 0.3) is 0 Å². The topological polar surface area (TPSA) is 52.3 Å². The summed E-state index contributed by atoms with van der Waals surface area (Å²) in [5, 5.41) is 0.680. The van der Waals surface area contributed by atoms with E-state index in [2.05, 4.69) is 11.9 Å². The summed E-state index contributed by atoms with van der Waals surface area (Å²) in [6.07, 6.45) is 1.56. The van der Waals surface area contributed by atoms with Gasteiger partial charge in [-0.2, -0.15) is 0 Å². The summed E-state index contributed by atoms with van der Waals surface area (Å²) in [4.78, 5) is 16.5. The standard InChI is InChI=1S/C17H18ClNO3/c1-3-21-17(20)15-14(9-11-4-6-12(18)7-5-11)22-16(19-15)13-8-10(13)2/h4-7,10,13H,3,8-9H2,1-2H3/t10?,13-/m0/s1. The first-order chi connectivity index (χ1) is 10.6. The molecule has 1 aliphatic carbocycles. The van der Waals surface area contributed by atoms with E-state index >= 15 is 0 Å². The predicted octanol–water partition coefficient (Wildman–Crippen LogP) is 4.22. The highest BCUT2D eigenvalue weighted by atomic mass is 35.5. The van der Waals surface area contributed by atoms with Gasteiger partial charge in [-0.15, -0.1) is 0 Å². The van der Waals surface area contributed by atoms with Gasteiger partial charge in [0.05, 0.1) is 6.61 Å². The van der Waals surface area contributed by atoms with Crippen LogP contribution in [0.15, 0.2) is 28.7 Å². The van der Waals surface area contributed by atoms with Crippen LogP contribution in [-0.4, -0.2) is 17.6 Å². The maximum Gasteiger partial charge on any atom is 0.360 e. The molecule has 0 spiro atoms. The molecule has 4 nitrogen and oxygen atoms in total. The van der Waals surface area contributed by atoms with Gasteiger partial charge in [0.2, 0.25) is 0 Å². The van der Waals surface area contributed by atoms with Crippen molar-refractivity contribution in [1.82, 2.24) is 4.98 Å². The number of ether oxygens (including phenoxy) is 1. The lowest BCUT2D eigenvalue weighted by molar-refractivity contribution is 0.0518. The van der Waals surface area contributed by atoms with Crippen LogP contribution in [0, 0.1) is 5.92 Å². The van der Waals surface area contributed by atoms with Crippen LogP contribution < -0.4 is 0 Å². The van der Waals surface area contributed by atoms with Gasteiger partial charge in [0.15, 0.2) is 11.6 Å². The number of oxazole rings is 1. The molecule has 1 saturated carbocycles. The second-order valence-electron chi connectivity index (χ2n) is 5.67. The highest BCUT2D eigenvalue weighted by Gasteiger charge is 2.39. The normalized spacial score (nSPS) is 20.0. The third kappa shape index (κ3) is 3.17. The molecule has 1 aromatic heterocycles. The molecule has 5 heteroatoms. The fourth-order valence-corrected chi connectivity index (χ4v) is 2.59. The molecule has 0 aliphatic heterocycles. The van der Waals surface area contributed by atoms with Crippen LogP contribution in [0.2, 0.25) is 5.02 Å². The van der Waals surface area contributed by atoms with Crippen molar-refractivity contribution in [2.45, 2.75) is 32.6 Å². The van der Waals surface area contributed by atoms with E-state index in [1.807, 2.05) is 24.3 Å². The second-order valence-corrected chi connectivity index (χ2v) is 6.10. The van der Waals surface area contributed by atoms with Gasteiger partial charge in [-0.1, -0.05) is 30.7 Å². The van der Waals surface area contributed by atoms with Crippen molar-refractivity contribution < 1.29 is 13.9 Å². The Hall–Kier alpha value is -1.81. The van der Waals surface area contributed by atoms with Crippen LogP contribution in [0.5, 0.6) is 0 Å². The van der Waals surface area contributed by atoms with Gasteiger partial charge in [-0.3, -0.25) is 0 Å². The third-order valence-corrected chi connectivity index (χ3v) is 4.14. The first-order valence-electron chi connectivity index (χ1n) is 7.49. The van der Waals surface area contributed by atoms with E-state index in [4.69, 9.17) is 20.8 Å². The highest BCUT2D eigenvalue weighted by Crippen LogP contribution is 2.46. The molecular formula is C17H18ClNO3. The fraction of sp³-hybridized carbons (Fsp3) is 0.412. The van der Waals surface area contributed by atoms with Crippen molar-refractivity contribution in [3.8, 4) is 0 Å². The van der Waals surface area contributed by atoms with E-state index in [1.54, 1.807) is 6.92 Å². The van der Waals surface area contributed by atoms with Crippen molar-refractivity contribution in [2.24, 2.45) is 5.92 Å². The first-order valence-corrected chi connectivity index (χ1v) is 7.87. The highest BCUT2D eigenvalue weighted by molar-refractivity contribution is 6.30. The number of hydrogen-bond acceptors (Lipinski definition) is 4. The van der Waals surface area contributed by atoms with Gasteiger partial charge < -0.3 is 9.15 Å². The lowest BCUT2D eigenvalue weighted by atomic mass is 10.1.